The molecule has 140 valence electrons. The van der Waals surface area contributed by atoms with Crippen LogP contribution in [0.25, 0.3) is 10.6 Å². The third-order valence-corrected chi connectivity index (χ3v) is 5.39. The molecule has 1 aliphatic heterocycles. The maximum atomic E-state index is 12.6. The van der Waals surface area contributed by atoms with Gasteiger partial charge in [0.1, 0.15) is 5.01 Å². The van der Waals surface area contributed by atoms with Crippen molar-refractivity contribution in [1.29, 1.82) is 0 Å². The molecule has 1 amide bonds. The van der Waals surface area contributed by atoms with E-state index in [0.29, 0.717) is 28.9 Å². The number of carbonyl (C=O) groups is 1. The van der Waals surface area contributed by atoms with E-state index in [1.807, 2.05) is 5.38 Å². The highest BCUT2D eigenvalue weighted by Crippen LogP contribution is 2.31. The van der Waals surface area contributed by atoms with E-state index in [9.17, 15) is 18.0 Å². The largest absolute Gasteiger partial charge is 0.416 e. The molecule has 0 aliphatic carbocycles. The van der Waals surface area contributed by atoms with Gasteiger partial charge in [0.25, 0.3) is 0 Å². The molecule has 3 rings (SSSR count). The Bertz CT molecular complexity index is 758. The van der Waals surface area contributed by atoms with Gasteiger partial charge in [-0.3, -0.25) is 4.79 Å². The summed E-state index contributed by atoms with van der Waals surface area (Å²) in [7, 11) is 0. The van der Waals surface area contributed by atoms with Gasteiger partial charge in [-0.25, -0.2) is 4.98 Å². The molecule has 8 heteroatoms. The van der Waals surface area contributed by atoms with Crippen LogP contribution in [-0.4, -0.2) is 23.5 Å². The average molecular weight is 383 g/mol. The van der Waals surface area contributed by atoms with Crippen LogP contribution < -0.4 is 10.6 Å². The van der Waals surface area contributed by atoms with Gasteiger partial charge >= 0.3 is 6.18 Å². The van der Waals surface area contributed by atoms with Crippen LogP contribution in [0.1, 0.15) is 31.0 Å². The highest BCUT2D eigenvalue weighted by atomic mass is 32.1. The first-order valence-corrected chi connectivity index (χ1v) is 9.34. The summed E-state index contributed by atoms with van der Waals surface area (Å²) in [6.45, 7) is 3.23. The van der Waals surface area contributed by atoms with Crippen LogP contribution in [0.15, 0.2) is 29.6 Å². The van der Waals surface area contributed by atoms with Gasteiger partial charge in [0.2, 0.25) is 5.91 Å². The standard InChI is InChI=1S/C18H20F3N3OS/c1-11-8-13(6-7-22-11)16(25)23-9-15-10-26-17(24-15)12-2-4-14(5-3-12)18(19,20)21/h2-5,10-11,13,22H,6-9H2,1H3,(H,23,25)/t11-,13-/m0/s1. The number of nitrogens with one attached hydrogen (secondary N) is 2. The Kier molecular flexibility index (Phi) is 5.62. The normalized spacial score (nSPS) is 20.8. The highest BCUT2D eigenvalue weighted by Gasteiger charge is 2.30. The number of thiazole rings is 1. The number of alkyl halides is 3. The Morgan fingerprint density at radius 3 is 2.73 bits per heavy atom. The molecule has 1 aromatic carbocycles. The van der Waals surface area contributed by atoms with Crippen molar-refractivity contribution in [1.82, 2.24) is 15.6 Å². The number of nitrogens with zero attached hydrogens (tertiary/aromatic N) is 1. The lowest BCUT2D eigenvalue weighted by Crippen LogP contribution is -2.42. The lowest BCUT2D eigenvalue weighted by molar-refractivity contribution is -0.137. The van der Waals surface area contributed by atoms with E-state index in [0.717, 1.165) is 31.5 Å². The SMILES string of the molecule is C[C@H]1C[C@@H](C(=O)NCc2csc(-c3ccc(C(F)(F)F)cc3)n2)CCN1. The Morgan fingerprint density at radius 2 is 2.08 bits per heavy atom. The van der Waals surface area contributed by atoms with Gasteiger partial charge in [-0.15, -0.1) is 11.3 Å². The molecular weight excluding hydrogens is 363 g/mol. The molecule has 26 heavy (non-hydrogen) atoms. The first-order chi connectivity index (χ1) is 12.3. The molecule has 1 saturated heterocycles. The monoisotopic (exact) mass is 383 g/mol. The summed E-state index contributed by atoms with van der Waals surface area (Å²) in [5, 5.41) is 8.68. The van der Waals surface area contributed by atoms with Crippen LogP contribution in [0.3, 0.4) is 0 Å². The van der Waals surface area contributed by atoms with Crippen molar-refractivity contribution in [2.24, 2.45) is 5.92 Å². The van der Waals surface area contributed by atoms with Gasteiger partial charge in [0.15, 0.2) is 0 Å². The Hall–Kier alpha value is -1.93. The maximum absolute atomic E-state index is 12.6. The zero-order chi connectivity index (χ0) is 18.7. The molecule has 2 N–H and O–H groups in total. The zero-order valence-electron chi connectivity index (χ0n) is 14.3. The predicted octanol–water partition coefficient (Wildman–Crippen LogP) is 3.83. The van der Waals surface area contributed by atoms with Gasteiger partial charge in [0, 0.05) is 22.9 Å². The molecule has 2 atom stereocenters. The van der Waals surface area contributed by atoms with E-state index >= 15 is 0 Å². The molecule has 4 nitrogen and oxygen atoms in total. The van der Waals surface area contributed by atoms with Crippen molar-refractivity contribution in [3.8, 4) is 10.6 Å². The first-order valence-electron chi connectivity index (χ1n) is 8.46. The van der Waals surface area contributed by atoms with Crippen LogP contribution in [0.4, 0.5) is 13.2 Å². The second kappa shape index (κ2) is 7.75. The van der Waals surface area contributed by atoms with Crippen LogP contribution in [0.2, 0.25) is 0 Å². The molecule has 0 spiro atoms. The summed E-state index contributed by atoms with van der Waals surface area (Å²) in [5.74, 6) is 0.0432. The number of rotatable bonds is 4. The summed E-state index contributed by atoms with van der Waals surface area (Å²) in [5.41, 5.74) is 0.662. The number of halogens is 3. The summed E-state index contributed by atoms with van der Waals surface area (Å²) in [6.07, 6.45) is -2.70. The van der Waals surface area contributed by atoms with Crippen molar-refractivity contribution < 1.29 is 18.0 Å². The van der Waals surface area contributed by atoms with E-state index < -0.39 is 11.7 Å². The summed E-state index contributed by atoms with van der Waals surface area (Å²) in [4.78, 5) is 16.7. The van der Waals surface area contributed by atoms with E-state index in [-0.39, 0.29) is 11.8 Å². The number of hydrogen-bond acceptors (Lipinski definition) is 4. The second-order valence-electron chi connectivity index (χ2n) is 6.51. The van der Waals surface area contributed by atoms with E-state index in [4.69, 9.17) is 0 Å². The van der Waals surface area contributed by atoms with E-state index in [1.54, 1.807) is 0 Å². The minimum absolute atomic E-state index is 0.0132. The van der Waals surface area contributed by atoms with Gasteiger partial charge in [0.05, 0.1) is 17.8 Å². The van der Waals surface area contributed by atoms with Gasteiger partial charge < -0.3 is 10.6 Å². The van der Waals surface area contributed by atoms with E-state index in [2.05, 4.69) is 22.5 Å². The minimum atomic E-state index is -4.34. The van der Waals surface area contributed by atoms with Crippen molar-refractivity contribution >= 4 is 17.2 Å². The van der Waals surface area contributed by atoms with Gasteiger partial charge in [-0.1, -0.05) is 12.1 Å². The summed E-state index contributed by atoms with van der Waals surface area (Å²) < 4.78 is 37.9. The summed E-state index contributed by atoms with van der Waals surface area (Å²) in [6, 6.07) is 5.28. The molecular formula is C18H20F3N3OS. The fourth-order valence-corrected chi connectivity index (χ4v) is 3.84. The van der Waals surface area contributed by atoms with E-state index in [1.165, 1.54) is 23.5 Å². The quantitative estimate of drug-likeness (QED) is 0.844. The Balaban J connectivity index is 1.58. The number of amides is 1. The Morgan fingerprint density at radius 1 is 1.35 bits per heavy atom. The number of aromatic nitrogens is 1. The van der Waals surface area contributed by atoms with Gasteiger partial charge in [-0.05, 0) is 38.4 Å². The highest BCUT2D eigenvalue weighted by molar-refractivity contribution is 7.13. The number of carbonyl (C=O) groups excluding carboxylic acids is 1. The zero-order valence-corrected chi connectivity index (χ0v) is 15.1. The number of hydrogen-bond donors (Lipinski definition) is 2. The molecule has 0 unspecified atom stereocenters. The number of benzene rings is 1. The van der Waals surface area contributed by atoms with Crippen molar-refractivity contribution in [2.45, 2.75) is 38.5 Å². The van der Waals surface area contributed by atoms with Crippen LogP contribution in [0, 0.1) is 5.92 Å². The van der Waals surface area contributed by atoms with Crippen LogP contribution >= 0.6 is 11.3 Å². The Labute approximate surface area is 153 Å². The molecule has 2 heterocycles. The third kappa shape index (κ3) is 4.62. The number of piperidine rings is 1. The molecule has 2 aromatic rings. The van der Waals surface area contributed by atoms with Gasteiger partial charge in [-0.2, -0.15) is 13.2 Å². The van der Waals surface area contributed by atoms with Crippen LogP contribution in [0.5, 0.6) is 0 Å². The first kappa shape index (κ1) is 18.8. The summed E-state index contributed by atoms with van der Waals surface area (Å²) >= 11 is 1.35. The fourth-order valence-electron chi connectivity index (χ4n) is 3.01. The smallest absolute Gasteiger partial charge is 0.350 e. The minimum Gasteiger partial charge on any atom is -0.350 e. The predicted molar refractivity (Wildman–Crippen MR) is 94.6 cm³/mol. The second-order valence-corrected chi connectivity index (χ2v) is 7.37. The maximum Gasteiger partial charge on any atom is 0.416 e. The molecule has 0 bridgehead atoms. The van der Waals surface area contributed by atoms with Crippen molar-refractivity contribution in [3.63, 3.8) is 0 Å². The van der Waals surface area contributed by atoms with Crippen molar-refractivity contribution in [2.75, 3.05) is 6.54 Å². The molecule has 0 radical (unpaired) electrons. The molecule has 0 saturated carbocycles. The lowest BCUT2D eigenvalue weighted by Gasteiger charge is -2.26. The average Bonchev–Trinajstić information content (AvgIpc) is 3.08. The molecule has 1 fully saturated rings. The van der Waals surface area contributed by atoms with Crippen LogP contribution in [-0.2, 0) is 17.5 Å². The molecule has 1 aromatic heterocycles. The molecule has 1 aliphatic rings. The fraction of sp³-hybridized carbons (Fsp3) is 0.444. The lowest BCUT2D eigenvalue weighted by atomic mass is 9.92. The third-order valence-electron chi connectivity index (χ3n) is 4.45. The topological polar surface area (TPSA) is 54.0 Å². The van der Waals surface area contributed by atoms with Crippen molar-refractivity contribution in [3.05, 3.63) is 40.9 Å².